The van der Waals surface area contributed by atoms with E-state index >= 15 is 0 Å². The zero-order chi connectivity index (χ0) is 6.97. The van der Waals surface area contributed by atoms with Gasteiger partial charge in [-0.25, -0.2) is 0 Å². The van der Waals surface area contributed by atoms with E-state index in [-0.39, 0.29) is 0 Å². The molecule has 0 bridgehead atoms. The molecule has 1 radical (unpaired) electrons. The van der Waals surface area contributed by atoms with E-state index in [4.69, 9.17) is 0 Å². The van der Waals surface area contributed by atoms with Crippen LogP contribution >= 0.6 is 0 Å². The fraction of sp³-hybridized carbons (Fsp3) is 0.900. The lowest BCUT2D eigenvalue weighted by atomic mass is 9.60. The van der Waals surface area contributed by atoms with Gasteiger partial charge >= 0.3 is 0 Å². The van der Waals surface area contributed by atoms with E-state index in [1.54, 1.807) is 0 Å². The van der Waals surface area contributed by atoms with Gasteiger partial charge in [0.15, 0.2) is 0 Å². The summed E-state index contributed by atoms with van der Waals surface area (Å²) in [4.78, 5) is 0. The van der Waals surface area contributed by atoms with Crippen molar-refractivity contribution in [1.29, 1.82) is 0 Å². The van der Waals surface area contributed by atoms with E-state index < -0.39 is 0 Å². The maximum Gasteiger partial charge on any atom is -0.0210 e. The van der Waals surface area contributed by atoms with Crippen LogP contribution in [-0.2, 0) is 0 Å². The van der Waals surface area contributed by atoms with Crippen molar-refractivity contribution >= 4 is 0 Å². The number of hydrogen-bond acceptors (Lipinski definition) is 0. The van der Waals surface area contributed by atoms with E-state index in [1.807, 2.05) is 5.92 Å². The molecule has 0 amide bonds. The molecule has 0 N–H and O–H groups in total. The first kappa shape index (κ1) is 6.69. The molecule has 0 aromatic rings. The smallest absolute Gasteiger partial charge is 0.0210 e. The molecule has 10 heavy (non-hydrogen) atoms. The molecule has 0 aromatic heterocycles. The van der Waals surface area contributed by atoms with E-state index in [0.29, 0.717) is 0 Å². The Labute approximate surface area is 64.0 Å². The number of rotatable bonds is 2. The van der Waals surface area contributed by atoms with Gasteiger partial charge in [0.1, 0.15) is 0 Å². The topological polar surface area (TPSA) is 0 Å². The molecule has 0 heterocycles. The van der Waals surface area contributed by atoms with Gasteiger partial charge in [0.05, 0.1) is 0 Å². The minimum absolute atomic E-state index is 1.08. The molecular formula is C10H17. The molecule has 2 aliphatic carbocycles. The van der Waals surface area contributed by atoms with Gasteiger partial charge in [-0.1, -0.05) is 26.2 Å². The van der Waals surface area contributed by atoms with E-state index in [1.165, 1.54) is 38.5 Å². The Morgan fingerprint density at radius 3 is 2.40 bits per heavy atom. The Hall–Kier alpha value is 0. The molecule has 2 aliphatic rings. The van der Waals surface area contributed by atoms with Gasteiger partial charge in [-0.2, -0.15) is 0 Å². The summed E-state index contributed by atoms with van der Waals surface area (Å²) in [5.41, 5.74) is 0. The molecule has 0 aliphatic heterocycles. The van der Waals surface area contributed by atoms with Gasteiger partial charge in [0.25, 0.3) is 0 Å². The fourth-order valence-corrected chi connectivity index (χ4v) is 2.37. The van der Waals surface area contributed by atoms with E-state index in [9.17, 15) is 0 Å². The minimum atomic E-state index is 1.08. The predicted molar refractivity (Wildman–Crippen MR) is 43.6 cm³/mol. The van der Waals surface area contributed by atoms with Crippen molar-refractivity contribution in [3.8, 4) is 0 Å². The van der Waals surface area contributed by atoms with Crippen LogP contribution in [0.15, 0.2) is 0 Å². The van der Waals surface area contributed by atoms with Crippen LogP contribution in [0.4, 0.5) is 0 Å². The third kappa shape index (κ3) is 0.889. The van der Waals surface area contributed by atoms with Crippen molar-refractivity contribution in [2.75, 3.05) is 0 Å². The van der Waals surface area contributed by atoms with Crippen LogP contribution < -0.4 is 0 Å². The summed E-state index contributed by atoms with van der Waals surface area (Å²) < 4.78 is 0. The molecular weight excluding hydrogens is 120 g/mol. The second-order valence-corrected chi connectivity index (χ2v) is 3.85. The fourth-order valence-electron chi connectivity index (χ4n) is 2.37. The normalized spacial score (nSPS) is 35.1. The first-order valence-corrected chi connectivity index (χ1v) is 4.76. The summed E-state index contributed by atoms with van der Waals surface area (Å²) >= 11 is 0. The van der Waals surface area contributed by atoms with Crippen LogP contribution in [-0.4, -0.2) is 0 Å². The SMILES string of the molecule is CC[C]1CCC1C1CCC1. The summed E-state index contributed by atoms with van der Waals surface area (Å²) in [6, 6.07) is 0. The second-order valence-electron chi connectivity index (χ2n) is 3.85. The Bertz CT molecular complexity index is 103. The molecule has 2 fully saturated rings. The van der Waals surface area contributed by atoms with Gasteiger partial charge in [-0.15, -0.1) is 0 Å². The van der Waals surface area contributed by atoms with Gasteiger partial charge in [0.2, 0.25) is 0 Å². The third-order valence-electron chi connectivity index (χ3n) is 3.47. The molecule has 0 saturated heterocycles. The average molecular weight is 137 g/mol. The van der Waals surface area contributed by atoms with Crippen molar-refractivity contribution in [3.05, 3.63) is 5.92 Å². The average Bonchev–Trinajstić information content (AvgIpc) is 1.77. The summed E-state index contributed by atoms with van der Waals surface area (Å²) in [6.45, 7) is 2.32. The summed E-state index contributed by atoms with van der Waals surface area (Å²) in [6.07, 6.45) is 8.92. The van der Waals surface area contributed by atoms with Crippen molar-refractivity contribution in [2.24, 2.45) is 11.8 Å². The van der Waals surface area contributed by atoms with E-state index in [0.717, 1.165) is 11.8 Å². The van der Waals surface area contributed by atoms with Crippen molar-refractivity contribution in [3.63, 3.8) is 0 Å². The van der Waals surface area contributed by atoms with Crippen LogP contribution in [0.1, 0.15) is 45.4 Å². The molecule has 57 valence electrons. The molecule has 0 spiro atoms. The van der Waals surface area contributed by atoms with E-state index in [2.05, 4.69) is 6.92 Å². The highest BCUT2D eigenvalue weighted by molar-refractivity contribution is 5.08. The maximum atomic E-state index is 2.32. The lowest BCUT2D eigenvalue weighted by Gasteiger charge is -2.45. The van der Waals surface area contributed by atoms with Crippen molar-refractivity contribution in [2.45, 2.75) is 45.4 Å². The largest absolute Gasteiger partial charge is 0.0648 e. The number of hydrogen-bond donors (Lipinski definition) is 0. The van der Waals surface area contributed by atoms with Gasteiger partial charge in [-0.05, 0) is 37.0 Å². The van der Waals surface area contributed by atoms with Gasteiger partial charge < -0.3 is 0 Å². The highest BCUT2D eigenvalue weighted by atomic mass is 14.4. The van der Waals surface area contributed by atoms with Crippen LogP contribution in [0.25, 0.3) is 0 Å². The van der Waals surface area contributed by atoms with Gasteiger partial charge in [-0.3, -0.25) is 0 Å². The molecule has 0 heteroatoms. The lowest BCUT2D eigenvalue weighted by molar-refractivity contribution is 0.149. The summed E-state index contributed by atoms with van der Waals surface area (Å²) in [5.74, 6) is 4.09. The minimum Gasteiger partial charge on any atom is -0.0648 e. The molecule has 1 unspecified atom stereocenters. The monoisotopic (exact) mass is 137 g/mol. The maximum absolute atomic E-state index is 2.32. The Morgan fingerprint density at radius 1 is 1.30 bits per heavy atom. The molecule has 0 aromatic carbocycles. The highest BCUT2D eigenvalue weighted by Crippen LogP contribution is 2.49. The highest BCUT2D eigenvalue weighted by Gasteiger charge is 2.38. The zero-order valence-corrected chi connectivity index (χ0v) is 6.90. The van der Waals surface area contributed by atoms with Crippen molar-refractivity contribution < 1.29 is 0 Å². The first-order valence-electron chi connectivity index (χ1n) is 4.76. The van der Waals surface area contributed by atoms with Crippen LogP contribution in [0.2, 0.25) is 0 Å². The molecule has 2 rings (SSSR count). The second kappa shape index (κ2) is 2.56. The lowest BCUT2D eigenvalue weighted by Crippen LogP contribution is -2.34. The zero-order valence-electron chi connectivity index (χ0n) is 6.90. The standard InChI is InChI=1S/C10H17/c1-2-8-6-7-10(8)9-4-3-5-9/h9-10H,2-7H2,1H3. The predicted octanol–water partition coefficient (Wildman–Crippen LogP) is 3.18. The Morgan fingerprint density at radius 2 is 2.10 bits per heavy atom. The molecule has 2 saturated carbocycles. The summed E-state index contributed by atoms with van der Waals surface area (Å²) in [7, 11) is 0. The van der Waals surface area contributed by atoms with Crippen LogP contribution in [0.3, 0.4) is 0 Å². The van der Waals surface area contributed by atoms with Crippen molar-refractivity contribution in [1.82, 2.24) is 0 Å². The Kier molecular flexibility index (Phi) is 1.71. The Balaban J connectivity index is 1.81. The summed E-state index contributed by atoms with van der Waals surface area (Å²) in [5, 5.41) is 0. The van der Waals surface area contributed by atoms with Crippen LogP contribution in [0, 0.1) is 17.8 Å². The molecule has 1 atom stereocenters. The third-order valence-corrected chi connectivity index (χ3v) is 3.47. The quantitative estimate of drug-likeness (QED) is 0.548. The van der Waals surface area contributed by atoms with Crippen LogP contribution in [0.5, 0.6) is 0 Å². The van der Waals surface area contributed by atoms with Gasteiger partial charge in [0, 0.05) is 0 Å². The molecule has 0 nitrogen and oxygen atoms in total. The first-order chi connectivity index (χ1) is 4.92.